The number of nitrogens with one attached hydrogen (secondary N) is 1. The maximum Gasteiger partial charge on any atom is 0.326 e. The van der Waals surface area contributed by atoms with Gasteiger partial charge in [0.25, 0.3) is 0 Å². The van der Waals surface area contributed by atoms with E-state index in [-0.39, 0.29) is 6.42 Å². The molecule has 0 heterocycles. The van der Waals surface area contributed by atoms with Gasteiger partial charge in [0.05, 0.1) is 6.04 Å². The Morgan fingerprint density at radius 1 is 1.48 bits per heavy atom. The van der Waals surface area contributed by atoms with E-state index in [1.165, 1.54) is 18.2 Å². The minimum atomic E-state index is -1.18. The van der Waals surface area contributed by atoms with E-state index in [1.807, 2.05) is 6.26 Å². The highest BCUT2D eigenvalue weighted by Crippen LogP contribution is 2.07. The van der Waals surface area contributed by atoms with Crippen molar-refractivity contribution in [2.75, 3.05) is 12.0 Å². The summed E-state index contributed by atoms with van der Waals surface area (Å²) in [4.78, 5) is 23.0. The number of aliphatic carboxylic acids is 1. The highest BCUT2D eigenvalue weighted by atomic mass is 32.2. The molecule has 4 N–H and O–H groups in total. The molecule has 5 nitrogen and oxygen atoms in total. The molecule has 2 atom stereocenters. The summed E-state index contributed by atoms with van der Waals surface area (Å²) in [6, 6.07) is 3.76. The smallest absolute Gasteiger partial charge is 0.326 e. The number of benzene rings is 1. The highest BCUT2D eigenvalue weighted by molar-refractivity contribution is 7.98. The number of carbonyl (C=O) groups excluding carboxylic acids is 1. The molecular formula is C14H19FN2O3S. The van der Waals surface area contributed by atoms with Crippen LogP contribution in [0.2, 0.25) is 0 Å². The molecule has 0 bridgehead atoms. The lowest BCUT2D eigenvalue weighted by molar-refractivity contribution is -0.142. The second kappa shape index (κ2) is 8.63. The molecular weight excluding hydrogens is 295 g/mol. The summed E-state index contributed by atoms with van der Waals surface area (Å²) >= 11 is 1.56. The molecule has 1 aromatic rings. The van der Waals surface area contributed by atoms with Crippen LogP contribution in [0, 0.1) is 5.82 Å². The van der Waals surface area contributed by atoms with Gasteiger partial charge in [-0.2, -0.15) is 11.8 Å². The van der Waals surface area contributed by atoms with Crippen molar-refractivity contribution in [3.05, 3.63) is 35.6 Å². The van der Waals surface area contributed by atoms with E-state index in [2.05, 4.69) is 5.32 Å². The predicted molar refractivity (Wildman–Crippen MR) is 80.6 cm³/mol. The van der Waals surface area contributed by atoms with Crippen LogP contribution in [0.15, 0.2) is 24.3 Å². The maximum atomic E-state index is 13.1. The molecule has 0 spiro atoms. The molecule has 0 aliphatic rings. The first-order chi connectivity index (χ1) is 9.93. The number of thioether (sulfide) groups is 1. The molecule has 1 rings (SSSR count). The summed E-state index contributed by atoms with van der Waals surface area (Å²) in [5.41, 5.74) is 6.19. The van der Waals surface area contributed by atoms with Gasteiger partial charge in [-0.15, -0.1) is 0 Å². The van der Waals surface area contributed by atoms with Crippen LogP contribution in [0.4, 0.5) is 4.39 Å². The van der Waals surface area contributed by atoms with Gasteiger partial charge >= 0.3 is 5.97 Å². The first kappa shape index (κ1) is 17.5. The van der Waals surface area contributed by atoms with E-state index in [0.717, 1.165) is 5.75 Å². The summed E-state index contributed by atoms with van der Waals surface area (Å²) in [7, 11) is 0. The SMILES string of the molecule is CSCC[C@H](N)C(=O)NC(Cc1cccc(F)c1)C(=O)O. The summed E-state index contributed by atoms with van der Waals surface area (Å²) in [5, 5.41) is 11.6. The second-order valence-corrected chi connectivity index (χ2v) is 5.61. The van der Waals surface area contributed by atoms with Crippen LogP contribution in [0.1, 0.15) is 12.0 Å². The molecule has 0 fully saturated rings. The van der Waals surface area contributed by atoms with Crippen molar-refractivity contribution in [3.63, 3.8) is 0 Å². The molecule has 0 aromatic heterocycles. The lowest BCUT2D eigenvalue weighted by atomic mass is 10.1. The molecule has 0 saturated heterocycles. The zero-order valence-corrected chi connectivity index (χ0v) is 12.5. The number of hydrogen-bond acceptors (Lipinski definition) is 4. The molecule has 0 aliphatic heterocycles. The van der Waals surface area contributed by atoms with E-state index in [0.29, 0.717) is 12.0 Å². The zero-order valence-electron chi connectivity index (χ0n) is 11.7. The average Bonchev–Trinajstić information content (AvgIpc) is 2.43. The van der Waals surface area contributed by atoms with Crippen LogP contribution >= 0.6 is 11.8 Å². The Bertz CT molecular complexity index is 499. The zero-order chi connectivity index (χ0) is 15.8. The topological polar surface area (TPSA) is 92.4 Å². The van der Waals surface area contributed by atoms with E-state index in [4.69, 9.17) is 10.8 Å². The van der Waals surface area contributed by atoms with Gasteiger partial charge in [-0.05, 0) is 36.1 Å². The normalized spacial score (nSPS) is 13.5. The summed E-state index contributed by atoms with van der Waals surface area (Å²) in [6.07, 6.45) is 2.38. The number of carboxylic acid groups (broad SMARTS) is 1. The van der Waals surface area contributed by atoms with Crippen molar-refractivity contribution in [1.82, 2.24) is 5.32 Å². The highest BCUT2D eigenvalue weighted by Gasteiger charge is 2.23. The fourth-order valence-corrected chi connectivity index (χ4v) is 2.24. The molecule has 1 amide bonds. The molecule has 21 heavy (non-hydrogen) atoms. The standard InChI is InChI=1S/C14H19FN2O3S/c1-21-6-5-11(16)13(18)17-12(14(19)20)8-9-3-2-4-10(15)7-9/h2-4,7,11-12H,5-6,8,16H2,1H3,(H,17,18)(H,19,20)/t11-,12?/m0/s1. The summed E-state index contributed by atoms with van der Waals surface area (Å²) in [6.45, 7) is 0. The number of hydrogen-bond donors (Lipinski definition) is 3. The first-order valence-electron chi connectivity index (χ1n) is 6.46. The van der Waals surface area contributed by atoms with Crippen molar-refractivity contribution in [3.8, 4) is 0 Å². The third-order valence-corrected chi connectivity index (χ3v) is 3.56. The molecule has 0 saturated carbocycles. The molecule has 7 heteroatoms. The Morgan fingerprint density at radius 3 is 2.76 bits per heavy atom. The van der Waals surface area contributed by atoms with Crippen molar-refractivity contribution in [2.24, 2.45) is 5.73 Å². The van der Waals surface area contributed by atoms with Gasteiger partial charge in [-0.25, -0.2) is 9.18 Å². The maximum absolute atomic E-state index is 13.1. The van der Waals surface area contributed by atoms with Crippen molar-refractivity contribution < 1.29 is 19.1 Å². The lowest BCUT2D eigenvalue weighted by Crippen LogP contribution is -2.49. The second-order valence-electron chi connectivity index (χ2n) is 4.62. The molecule has 0 aliphatic carbocycles. The first-order valence-corrected chi connectivity index (χ1v) is 7.85. The van der Waals surface area contributed by atoms with Crippen LogP contribution in [-0.4, -0.2) is 41.1 Å². The van der Waals surface area contributed by atoms with Gasteiger partial charge < -0.3 is 16.2 Å². The van der Waals surface area contributed by atoms with E-state index < -0.39 is 29.8 Å². The Balaban J connectivity index is 2.65. The molecule has 1 aromatic carbocycles. The van der Waals surface area contributed by atoms with Gasteiger partial charge in [0, 0.05) is 6.42 Å². The number of nitrogens with two attached hydrogens (primary N) is 1. The third kappa shape index (κ3) is 6.14. The number of carboxylic acids is 1. The van der Waals surface area contributed by atoms with Gasteiger partial charge in [0.15, 0.2) is 0 Å². The lowest BCUT2D eigenvalue weighted by Gasteiger charge is -2.17. The van der Waals surface area contributed by atoms with E-state index in [9.17, 15) is 14.0 Å². The Morgan fingerprint density at radius 2 is 2.19 bits per heavy atom. The van der Waals surface area contributed by atoms with Gasteiger partial charge in [0.1, 0.15) is 11.9 Å². The van der Waals surface area contributed by atoms with Crippen LogP contribution < -0.4 is 11.1 Å². The fraction of sp³-hybridized carbons (Fsp3) is 0.429. The van der Waals surface area contributed by atoms with Crippen LogP contribution in [-0.2, 0) is 16.0 Å². The number of halogens is 1. The van der Waals surface area contributed by atoms with Crippen LogP contribution in [0.25, 0.3) is 0 Å². The number of amides is 1. The predicted octanol–water partition coefficient (Wildman–Crippen LogP) is 1.02. The van der Waals surface area contributed by atoms with E-state index >= 15 is 0 Å². The molecule has 0 radical (unpaired) electrons. The Labute approximate surface area is 127 Å². The Kier molecular flexibility index (Phi) is 7.18. The van der Waals surface area contributed by atoms with Crippen LogP contribution in [0.3, 0.4) is 0 Å². The minimum Gasteiger partial charge on any atom is -0.480 e. The van der Waals surface area contributed by atoms with Crippen molar-refractivity contribution in [2.45, 2.75) is 24.9 Å². The summed E-state index contributed by atoms with van der Waals surface area (Å²) < 4.78 is 13.1. The largest absolute Gasteiger partial charge is 0.480 e. The van der Waals surface area contributed by atoms with Gasteiger partial charge in [0.2, 0.25) is 5.91 Å². The number of rotatable bonds is 8. The monoisotopic (exact) mass is 314 g/mol. The fourth-order valence-electron chi connectivity index (χ4n) is 1.75. The molecule has 1 unspecified atom stereocenters. The summed E-state index contributed by atoms with van der Waals surface area (Å²) in [5.74, 6) is -1.41. The average molecular weight is 314 g/mol. The van der Waals surface area contributed by atoms with Crippen LogP contribution in [0.5, 0.6) is 0 Å². The van der Waals surface area contributed by atoms with Crippen molar-refractivity contribution in [1.29, 1.82) is 0 Å². The Hall–Kier alpha value is -1.60. The minimum absolute atomic E-state index is 0.00802. The van der Waals surface area contributed by atoms with Crippen molar-refractivity contribution >= 4 is 23.6 Å². The van der Waals surface area contributed by atoms with Gasteiger partial charge in [-0.3, -0.25) is 4.79 Å². The van der Waals surface area contributed by atoms with E-state index in [1.54, 1.807) is 17.8 Å². The molecule has 116 valence electrons. The quantitative estimate of drug-likeness (QED) is 0.666. The van der Waals surface area contributed by atoms with Gasteiger partial charge in [-0.1, -0.05) is 12.1 Å². The number of carbonyl (C=O) groups is 2. The third-order valence-electron chi connectivity index (χ3n) is 2.91.